The first-order valence-electron chi connectivity index (χ1n) is 4.96. The van der Waals surface area contributed by atoms with Crippen LogP contribution < -0.4 is 0 Å². The number of aryl methyl sites for hydroxylation is 1. The van der Waals surface area contributed by atoms with Crippen molar-refractivity contribution < 1.29 is 8.42 Å². The van der Waals surface area contributed by atoms with Crippen molar-refractivity contribution in [3.63, 3.8) is 0 Å². The van der Waals surface area contributed by atoms with Crippen LogP contribution >= 0.6 is 11.3 Å². The predicted octanol–water partition coefficient (Wildman–Crippen LogP) is 1.98. The zero-order valence-corrected chi connectivity index (χ0v) is 10.9. The van der Waals surface area contributed by atoms with Crippen LogP contribution in [0.3, 0.4) is 0 Å². The van der Waals surface area contributed by atoms with E-state index >= 15 is 0 Å². The van der Waals surface area contributed by atoms with E-state index in [1.54, 1.807) is 19.1 Å². The first-order valence-corrected chi connectivity index (χ1v) is 7.21. The summed E-state index contributed by atoms with van der Waals surface area (Å²) >= 11 is 1.26. The van der Waals surface area contributed by atoms with Crippen molar-refractivity contribution in [3.8, 4) is 6.07 Å². The smallest absolute Gasteiger partial charge is 0.206 e. The van der Waals surface area contributed by atoms with Gasteiger partial charge < -0.3 is 0 Å². The van der Waals surface area contributed by atoms with E-state index in [4.69, 9.17) is 5.26 Å². The molecule has 0 spiro atoms. The lowest BCUT2D eigenvalue weighted by Crippen LogP contribution is -2.31. The highest BCUT2D eigenvalue weighted by molar-refractivity contribution is 7.91. The lowest BCUT2D eigenvalue weighted by molar-refractivity contribution is 0.436. The van der Waals surface area contributed by atoms with Gasteiger partial charge in [-0.1, -0.05) is 6.92 Å². The fourth-order valence-electron chi connectivity index (χ4n) is 1.30. The molecule has 1 heterocycles. The fourth-order valence-corrected chi connectivity index (χ4v) is 4.19. The minimum absolute atomic E-state index is 0.220. The lowest BCUT2D eigenvalue weighted by atomic mass is 10.5. The fraction of sp³-hybridized carbons (Fsp3) is 0.500. The molecular formula is C10H14N2O2S2. The standard InChI is InChI=1S/C10H14N2O2S2/c1-3-12(8-4-7-11)16(13,14)10-6-5-9(2)15-10/h5-6H,3-4,8H2,1-2H3. The molecule has 1 rings (SSSR count). The van der Waals surface area contributed by atoms with E-state index in [0.29, 0.717) is 10.8 Å². The Labute approximate surface area is 100 Å². The summed E-state index contributed by atoms with van der Waals surface area (Å²) in [6.45, 7) is 4.29. The zero-order chi connectivity index (χ0) is 12.2. The Balaban J connectivity index is 2.96. The van der Waals surface area contributed by atoms with Crippen LogP contribution in [0.1, 0.15) is 18.2 Å². The van der Waals surface area contributed by atoms with Gasteiger partial charge in [0.2, 0.25) is 0 Å². The first kappa shape index (κ1) is 13.2. The molecule has 88 valence electrons. The maximum Gasteiger partial charge on any atom is 0.252 e. The highest BCUT2D eigenvalue weighted by Crippen LogP contribution is 2.24. The topological polar surface area (TPSA) is 61.2 Å². The maximum atomic E-state index is 12.1. The Bertz CT molecular complexity index is 485. The number of hydrogen-bond acceptors (Lipinski definition) is 4. The number of nitriles is 1. The zero-order valence-electron chi connectivity index (χ0n) is 9.30. The average molecular weight is 258 g/mol. The Kier molecular flexibility index (Phi) is 4.47. The number of sulfonamides is 1. The summed E-state index contributed by atoms with van der Waals surface area (Å²) < 4.78 is 25.9. The van der Waals surface area contributed by atoms with Crippen LogP contribution in [0.4, 0.5) is 0 Å². The SMILES string of the molecule is CCN(CCC#N)S(=O)(=O)c1ccc(C)s1. The summed E-state index contributed by atoms with van der Waals surface area (Å²) in [5.74, 6) is 0. The third-order valence-electron chi connectivity index (χ3n) is 2.14. The molecule has 0 radical (unpaired) electrons. The Morgan fingerprint density at radius 2 is 2.19 bits per heavy atom. The van der Waals surface area contributed by atoms with Crippen molar-refractivity contribution in [2.45, 2.75) is 24.5 Å². The largest absolute Gasteiger partial charge is 0.252 e. The average Bonchev–Trinajstić information content (AvgIpc) is 2.66. The van der Waals surface area contributed by atoms with E-state index in [2.05, 4.69) is 0 Å². The van der Waals surface area contributed by atoms with Gasteiger partial charge in [0.05, 0.1) is 6.07 Å². The van der Waals surface area contributed by atoms with Crippen LogP contribution in [0.5, 0.6) is 0 Å². The van der Waals surface area contributed by atoms with Gasteiger partial charge in [0, 0.05) is 24.4 Å². The molecule has 0 fully saturated rings. The molecule has 0 aliphatic heterocycles. The van der Waals surface area contributed by atoms with E-state index in [-0.39, 0.29) is 13.0 Å². The number of hydrogen-bond donors (Lipinski definition) is 0. The van der Waals surface area contributed by atoms with Crippen LogP contribution in [-0.2, 0) is 10.0 Å². The second kappa shape index (κ2) is 5.43. The minimum Gasteiger partial charge on any atom is -0.206 e. The summed E-state index contributed by atoms with van der Waals surface area (Å²) in [5.41, 5.74) is 0. The molecule has 0 amide bonds. The van der Waals surface area contributed by atoms with Gasteiger partial charge in [-0.05, 0) is 19.1 Å². The van der Waals surface area contributed by atoms with Crippen molar-refractivity contribution in [1.29, 1.82) is 5.26 Å². The number of thiophene rings is 1. The van der Waals surface area contributed by atoms with Crippen molar-refractivity contribution in [1.82, 2.24) is 4.31 Å². The predicted molar refractivity (Wildman–Crippen MR) is 63.7 cm³/mol. The summed E-state index contributed by atoms with van der Waals surface area (Å²) in [4.78, 5) is 0.968. The molecule has 6 heteroatoms. The molecule has 0 N–H and O–H groups in total. The number of nitrogens with zero attached hydrogens (tertiary/aromatic N) is 2. The molecule has 0 aromatic carbocycles. The van der Waals surface area contributed by atoms with E-state index < -0.39 is 10.0 Å². The third kappa shape index (κ3) is 2.82. The number of rotatable bonds is 5. The highest BCUT2D eigenvalue weighted by atomic mass is 32.2. The van der Waals surface area contributed by atoms with E-state index in [9.17, 15) is 8.42 Å². The highest BCUT2D eigenvalue weighted by Gasteiger charge is 2.23. The normalized spacial score (nSPS) is 11.6. The molecule has 0 aliphatic carbocycles. The first-order chi connectivity index (χ1) is 7.52. The van der Waals surface area contributed by atoms with Crippen LogP contribution in [-0.4, -0.2) is 25.8 Å². The molecule has 0 atom stereocenters. The van der Waals surface area contributed by atoms with Crippen molar-refractivity contribution in [2.75, 3.05) is 13.1 Å². The second-order valence-electron chi connectivity index (χ2n) is 3.27. The monoisotopic (exact) mass is 258 g/mol. The van der Waals surface area contributed by atoms with Crippen LogP contribution in [0.25, 0.3) is 0 Å². The van der Waals surface area contributed by atoms with Crippen molar-refractivity contribution in [2.24, 2.45) is 0 Å². The van der Waals surface area contributed by atoms with Crippen LogP contribution in [0, 0.1) is 18.3 Å². The summed E-state index contributed by atoms with van der Waals surface area (Å²) in [7, 11) is -3.40. The van der Waals surface area contributed by atoms with Crippen molar-refractivity contribution in [3.05, 3.63) is 17.0 Å². The van der Waals surface area contributed by atoms with Crippen LogP contribution in [0.2, 0.25) is 0 Å². The maximum absolute atomic E-state index is 12.1. The lowest BCUT2D eigenvalue weighted by Gasteiger charge is -2.17. The van der Waals surface area contributed by atoms with Crippen molar-refractivity contribution >= 4 is 21.4 Å². The van der Waals surface area contributed by atoms with Gasteiger partial charge >= 0.3 is 0 Å². The molecule has 16 heavy (non-hydrogen) atoms. The van der Waals surface area contributed by atoms with Crippen LogP contribution in [0.15, 0.2) is 16.3 Å². The minimum atomic E-state index is -3.40. The molecule has 0 bridgehead atoms. The summed E-state index contributed by atoms with van der Waals surface area (Å²) in [6.07, 6.45) is 0.220. The Morgan fingerprint density at radius 1 is 1.50 bits per heavy atom. The Morgan fingerprint density at radius 3 is 2.62 bits per heavy atom. The molecule has 1 aromatic heterocycles. The molecule has 1 aromatic rings. The van der Waals surface area contributed by atoms with Gasteiger partial charge in [-0.3, -0.25) is 0 Å². The van der Waals surface area contributed by atoms with Gasteiger partial charge in [-0.2, -0.15) is 9.57 Å². The Hall–Kier alpha value is -0.900. The summed E-state index contributed by atoms with van der Waals surface area (Å²) in [5, 5.41) is 8.48. The molecule has 0 saturated heterocycles. The molecule has 0 saturated carbocycles. The summed E-state index contributed by atoms with van der Waals surface area (Å²) in [6, 6.07) is 5.36. The van der Waals surface area contributed by atoms with Gasteiger partial charge in [-0.25, -0.2) is 8.42 Å². The third-order valence-corrected chi connectivity index (χ3v) is 5.58. The molecule has 4 nitrogen and oxygen atoms in total. The second-order valence-corrected chi connectivity index (χ2v) is 6.72. The van der Waals surface area contributed by atoms with E-state index in [1.165, 1.54) is 15.6 Å². The van der Waals surface area contributed by atoms with Gasteiger partial charge in [0.25, 0.3) is 10.0 Å². The molecule has 0 unspecified atom stereocenters. The van der Waals surface area contributed by atoms with Gasteiger partial charge in [-0.15, -0.1) is 11.3 Å². The van der Waals surface area contributed by atoms with Gasteiger partial charge in [0.1, 0.15) is 4.21 Å². The molecular weight excluding hydrogens is 244 g/mol. The van der Waals surface area contributed by atoms with E-state index in [1.807, 2.05) is 13.0 Å². The van der Waals surface area contributed by atoms with Gasteiger partial charge in [0.15, 0.2) is 0 Å². The van der Waals surface area contributed by atoms with E-state index in [0.717, 1.165) is 4.88 Å². The molecule has 0 aliphatic rings. The quantitative estimate of drug-likeness (QED) is 0.811.